The van der Waals surface area contributed by atoms with Gasteiger partial charge in [0.25, 0.3) is 0 Å². The lowest BCUT2D eigenvalue weighted by Crippen LogP contribution is -2.49. The Morgan fingerprint density at radius 1 is 1.41 bits per heavy atom. The second-order valence-electron chi connectivity index (χ2n) is 6.90. The smallest absolute Gasteiger partial charge is 0.326 e. The quantitative estimate of drug-likeness (QED) is 0.440. The molecule has 6 heteroatoms. The lowest BCUT2D eigenvalue weighted by molar-refractivity contribution is -0.236. The van der Waals surface area contributed by atoms with Crippen molar-refractivity contribution in [3.05, 3.63) is 0 Å². The van der Waals surface area contributed by atoms with Gasteiger partial charge in [0, 0.05) is 12.8 Å². The Labute approximate surface area is 135 Å². The van der Waals surface area contributed by atoms with Crippen LogP contribution in [0, 0.1) is 11.8 Å². The largest absolute Gasteiger partial charge is 0.462 e. The van der Waals surface area contributed by atoms with Crippen molar-refractivity contribution in [3.8, 4) is 0 Å². The second-order valence-corrected chi connectivity index (χ2v) is 7.55. The Balaban J connectivity index is 1.73. The van der Waals surface area contributed by atoms with E-state index in [4.69, 9.17) is 25.8 Å². The fourth-order valence-corrected chi connectivity index (χ4v) is 4.26. The maximum atomic E-state index is 12.0. The predicted molar refractivity (Wildman–Crippen MR) is 79.2 cm³/mol. The number of alkyl halides is 1. The molecule has 0 spiro atoms. The predicted octanol–water partition coefficient (Wildman–Crippen LogP) is 2.78. The molecule has 2 heterocycles. The molecule has 2 aliphatic heterocycles. The van der Waals surface area contributed by atoms with Gasteiger partial charge in [0.1, 0.15) is 11.5 Å². The first kappa shape index (κ1) is 16.1. The Morgan fingerprint density at radius 3 is 2.86 bits per heavy atom. The van der Waals surface area contributed by atoms with Crippen LogP contribution in [0.4, 0.5) is 0 Å². The third kappa shape index (κ3) is 3.11. The summed E-state index contributed by atoms with van der Waals surface area (Å²) in [4.78, 5) is 23.8. The van der Waals surface area contributed by atoms with Crippen LogP contribution in [0.25, 0.3) is 0 Å². The zero-order chi connectivity index (χ0) is 15.9. The number of ether oxygens (including phenoxy) is 3. The van der Waals surface area contributed by atoms with Crippen LogP contribution in [0.15, 0.2) is 0 Å². The molecule has 0 aromatic rings. The zero-order valence-electron chi connectivity index (χ0n) is 13.0. The molecule has 22 heavy (non-hydrogen) atoms. The minimum Gasteiger partial charge on any atom is -0.462 e. The topological polar surface area (TPSA) is 61.8 Å². The van der Waals surface area contributed by atoms with Gasteiger partial charge in [-0.25, -0.2) is 0 Å². The van der Waals surface area contributed by atoms with Gasteiger partial charge in [0.15, 0.2) is 0 Å². The Kier molecular flexibility index (Phi) is 4.38. The van der Waals surface area contributed by atoms with Crippen molar-refractivity contribution in [3.63, 3.8) is 0 Å². The molecule has 6 atom stereocenters. The van der Waals surface area contributed by atoms with E-state index in [2.05, 4.69) is 0 Å². The molecular formula is C16H23ClO5. The monoisotopic (exact) mass is 330 g/mol. The normalized spacial score (nSPS) is 39.0. The summed E-state index contributed by atoms with van der Waals surface area (Å²) in [5.74, 6) is -0.170. The van der Waals surface area contributed by atoms with Crippen molar-refractivity contribution in [2.24, 2.45) is 11.8 Å². The van der Waals surface area contributed by atoms with Crippen molar-refractivity contribution >= 4 is 23.5 Å². The van der Waals surface area contributed by atoms with Gasteiger partial charge in [-0.3, -0.25) is 9.59 Å². The Morgan fingerprint density at radius 2 is 2.18 bits per heavy atom. The molecule has 124 valence electrons. The van der Waals surface area contributed by atoms with E-state index in [9.17, 15) is 9.59 Å². The SMILES string of the molecule is CCC(OC(=O)C(C)Cl)OC12CC3CC(C1)OC(=O)C(C3)C2. The average molecular weight is 331 g/mol. The molecule has 0 aromatic carbocycles. The summed E-state index contributed by atoms with van der Waals surface area (Å²) in [6, 6.07) is 0. The molecule has 0 radical (unpaired) electrons. The number of esters is 2. The first-order chi connectivity index (χ1) is 10.4. The molecule has 4 fully saturated rings. The molecule has 0 N–H and O–H groups in total. The van der Waals surface area contributed by atoms with Gasteiger partial charge < -0.3 is 14.2 Å². The molecule has 2 saturated heterocycles. The standard InChI is InChI=1S/C16H23ClO5/c1-3-13(21-14(18)9(2)17)22-16-6-10-4-11(7-16)15(19)20-12(5-10)8-16/h9-13H,3-8H2,1-2H3. The second kappa shape index (κ2) is 6.00. The molecular weight excluding hydrogens is 308 g/mol. The first-order valence-corrected chi connectivity index (χ1v) is 8.57. The van der Waals surface area contributed by atoms with Crippen molar-refractivity contribution in [1.29, 1.82) is 0 Å². The average Bonchev–Trinajstić information content (AvgIpc) is 2.60. The summed E-state index contributed by atoms with van der Waals surface area (Å²) in [5.41, 5.74) is -0.404. The number of fused-ring (bicyclic) bond motifs is 1. The molecule has 5 nitrogen and oxygen atoms in total. The Hall–Kier alpha value is -0.810. The van der Waals surface area contributed by atoms with Gasteiger partial charge in [-0.2, -0.15) is 0 Å². The lowest BCUT2D eigenvalue weighted by Gasteiger charge is -2.47. The number of carbonyl (C=O) groups excluding carboxylic acids is 2. The van der Waals surface area contributed by atoms with E-state index in [0.717, 1.165) is 19.3 Å². The number of hydrogen-bond donors (Lipinski definition) is 0. The Bertz CT molecular complexity index is 465. The molecule has 4 rings (SSSR count). The summed E-state index contributed by atoms with van der Waals surface area (Å²) < 4.78 is 17.1. The van der Waals surface area contributed by atoms with Crippen LogP contribution < -0.4 is 0 Å². The van der Waals surface area contributed by atoms with E-state index in [0.29, 0.717) is 25.2 Å². The summed E-state index contributed by atoms with van der Waals surface area (Å²) in [5, 5.41) is -0.693. The lowest BCUT2D eigenvalue weighted by atomic mass is 9.65. The van der Waals surface area contributed by atoms with Gasteiger partial charge in [0.05, 0.1) is 11.5 Å². The molecule has 0 amide bonds. The minimum absolute atomic E-state index is 0.0566. The molecule has 2 aliphatic carbocycles. The van der Waals surface area contributed by atoms with E-state index in [1.165, 1.54) is 0 Å². The van der Waals surface area contributed by atoms with Gasteiger partial charge in [-0.05, 0) is 38.5 Å². The highest BCUT2D eigenvalue weighted by molar-refractivity contribution is 6.29. The van der Waals surface area contributed by atoms with Crippen LogP contribution in [0.3, 0.4) is 0 Å². The van der Waals surface area contributed by atoms with Crippen molar-refractivity contribution < 1.29 is 23.8 Å². The van der Waals surface area contributed by atoms with Crippen LogP contribution in [0.5, 0.6) is 0 Å². The van der Waals surface area contributed by atoms with Crippen molar-refractivity contribution in [2.75, 3.05) is 0 Å². The van der Waals surface area contributed by atoms with Gasteiger partial charge in [-0.1, -0.05) is 6.92 Å². The number of hydrogen-bond acceptors (Lipinski definition) is 5. The van der Waals surface area contributed by atoms with Gasteiger partial charge in [-0.15, -0.1) is 11.6 Å². The first-order valence-electron chi connectivity index (χ1n) is 8.13. The highest BCUT2D eigenvalue weighted by Crippen LogP contribution is 2.51. The van der Waals surface area contributed by atoms with Crippen LogP contribution in [-0.2, 0) is 23.8 Å². The summed E-state index contributed by atoms with van der Waals surface area (Å²) in [7, 11) is 0. The summed E-state index contributed by atoms with van der Waals surface area (Å²) in [6.45, 7) is 3.49. The molecule has 4 aliphatic rings. The summed E-state index contributed by atoms with van der Waals surface area (Å²) in [6.07, 6.45) is 4.02. The molecule has 4 bridgehead atoms. The van der Waals surface area contributed by atoms with Crippen LogP contribution in [-0.4, -0.2) is 35.3 Å². The highest BCUT2D eigenvalue weighted by Gasteiger charge is 2.54. The molecule has 6 unspecified atom stereocenters. The van der Waals surface area contributed by atoms with E-state index in [1.807, 2.05) is 6.92 Å². The van der Waals surface area contributed by atoms with Crippen molar-refractivity contribution in [1.82, 2.24) is 0 Å². The van der Waals surface area contributed by atoms with Gasteiger partial charge >= 0.3 is 11.9 Å². The molecule has 0 aromatic heterocycles. The van der Waals surface area contributed by atoms with Gasteiger partial charge in [0.2, 0.25) is 6.29 Å². The van der Waals surface area contributed by atoms with Crippen molar-refractivity contribution in [2.45, 2.75) is 75.7 Å². The maximum Gasteiger partial charge on any atom is 0.326 e. The number of halogens is 1. The number of rotatable bonds is 5. The third-order valence-corrected chi connectivity index (χ3v) is 5.17. The van der Waals surface area contributed by atoms with E-state index >= 15 is 0 Å². The van der Waals surface area contributed by atoms with Crippen LogP contribution in [0.1, 0.15) is 52.4 Å². The highest BCUT2D eigenvalue weighted by atomic mass is 35.5. The van der Waals surface area contributed by atoms with Crippen LogP contribution in [0.2, 0.25) is 0 Å². The number of carbonyl (C=O) groups is 2. The van der Waals surface area contributed by atoms with E-state index in [1.54, 1.807) is 6.92 Å². The summed E-state index contributed by atoms with van der Waals surface area (Å²) >= 11 is 5.76. The van der Waals surface area contributed by atoms with Crippen LogP contribution >= 0.6 is 11.6 Å². The zero-order valence-corrected chi connectivity index (χ0v) is 13.8. The fraction of sp³-hybridized carbons (Fsp3) is 0.875. The van der Waals surface area contributed by atoms with E-state index < -0.39 is 23.2 Å². The maximum absolute atomic E-state index is 12.0. The molecule has 2 saturated carbocycles. The third-order valence-electron chi connectivity index (χ3n) is 5.00. The fourth-order valence-electron chi connectivity index (χ4n) is 4.21. The van der Waals surface area contributed by atoms with E-state index in [-0.39, 0.29) is 18.0 Å². The minimum atomic E-state index is -0.693.